The fraction of sp³-hybridized carbons (Fsp3) is 0.0455. The molecule has 4 aromatic rings. The molecule has 5 nitrogen and oxygen atoms in total. The van der Waals surface area contributed by atoms with Gasteiger partial charge in [-0.1, -0.05) is 12.1 Å². The van der Waals surface area contributed by atoms with Gasteiger partial charge in [-0.15, -0.1) is 0 Å². The van der Waals surface area contributed by atoms with Gasteiger partial charge in [0.05, 0.1) is 16.6 Å². The summed E-state index contributed by atoms with van der Waals surface area (Å²) in [6.45, 7) is 1.51. The van der Waals surface area contributed by atoms with Crippen molar-refractivity contribution in [2.45, 2.75) is 6.92 Å². The summed E-state index contributed by atoms with van der Waals surface area (Å²) in [5, 5.41) is 10.1. The molecule has 4 rings (SSSR count). The molecule has 0 saturated heterocycles. The van der Waals surface area contributed by atoms with E-state index in [0.29, 0.717) is 16.5 Å². The van der Waals surface area contributed by atoms with E-state index in [4.69, 9.17) is 5.73 Å². The molecular formula is C22H12F5N3O2. The van der Waals surface area contributed by atoms with Crippen LogP contribution in [0.15, 0.2) is 36.5 Å². The number of nitrogen functional groups attached to an aromatic ring is 1. The van der Waals surface area contributed by atoms with Crippen LogP contribution in [0.3, 0.4) is 0 Å². The Morgan fingerprint density at radius 1 is 0.875 bits per heavy atom. The van der Waals surface area contributed by atoms with Crippen LogP contribution in [-0.4, -0.2) is 21.0 Å². The van der Waals surface area contributed by atoms with Crippen LogP contribution in [0.1, 0.15) is 15.9 Å². The van der Waals surface area contributed by atoms with Gasteiger partial charge in [0.1, 0.15) is 0 Å². The summed E-state index contributed by atoms with van der Waals surface area (Å²) < 4.78 is 71.0. The Bertz CT molecular complexity index is 1410. The highest BCUT2D eigenvalue weighted by atomic mass is 19.2. The number of anilines is 1. The topological polar surface area (TPSA) is 89.1 Å². The molecular weight excluding hydrogens is 433 g/mol. The third-order valence-corrected chi connectivity index (χ3v) is 4.99. The predicted molar refractivity (Wildman–Crippen MR) is 106 cm³/mol. The third-order valence-electron chi connectivity index (χ3n) is 4.99. The number of carbonyl (C=O) groups is 1. The lowest BCUT2D eigenvalue weighted by Gasteiger charge is -2.18. The molecule has 0 bridgehead atoms. The second-order valence-corrected chi connectivity index (χ2v) is 6.93. The van der Waals surface area contributed by atoms with E-state index in [1.807, 2.05) is 0 Å². The van der Waals surface area contributed by atoms with Crippen molar-refractivity contribution in [1.82, 2.24) is 9.97 Å². The normalized spacial score (nSPS) is 11.2. The van der Waals surface area contributed by atoms with Gasteiger partial charge in [0, 0.05) is 17.1 Å². The maximum absolute atomic E-state index is 14.7. The molecule has 0 fully saturated rings. The number of carboxylic acid groups (broad SMARTS) is 1. The largest absolute Gasteiger partial charge is 0.478 e. The summed E-state index contributed by atoms with van der Waals surface area (Å²) in [6.07, 6.45) is 1.38. The van der Waals surface area contributed by atoms with Crippen molar-refractivity contribution >= 4 is 22.8 Å². The second kappa shape index (κ2) is 7.56. The number of nitrogens with zero attached hydrogens (tertiary/aromatic N) is 2. The van der Waals surface area contributed by atoms with Crippen LogP contribution < -0.4 is 5.73 Å². The molecule has 1 aromatic heterocycles. The van der Waals surface area contributed by atoms with Crippen LogP contribution in [0.5, 0.6) is 0 Å². The minimum atomic E-state index is -2.34. The molecule has 1 heterocycles. The van der Waals surface area contributed by atoms with Crippen molar-refractivity contribution in [3.05, 3.63) is 76.7 Å². The van der Waals surface area contributed by atoms with E-state index in [1.54, 1.807) is 0 Å². The molecule has 0 radical (unpaired) electrons. The number of aromatic carboxylic acids is 1. The van der Waals surface area contributed by atoms with Crippen molar-refractivity contribution in [2.24, 2.45) is 0 Å². The van der Waals surface area contributed by atoms with Gasteiger partial charge < -0.3 is 10.8 Å². The highest BCUT2D eigenvalue weighted by Crippen LogP contribution is 2.42. The van der Waals surface area contributed by atoms with Crippen LogP contribution >= 0.6 is 0 Å². The van der Waals surface area contributed by atoms with Crippen LogP contribution in [-0.2, 0) is 0 Å². The first kappa shape index (κ1) is 21.2. The van der Waals surface area contributed by atoms with Crippen LogP contribution in [0.25, 0.3) is 33.2 Å². The number of aromatic nitrogens is 2. The zero-order valence-electron chi connectivity index (χ0n) is 16.2. The highest BCUT2D eigenvalue weighted by Gasteiger charge is 2.31. The first-order valence-electron chi connectivity index (χ1n) is 9.03. The molecule has 0 spiro atoms. The molecule has 0 aliphatic rings. The smallest absolute Gasteiger partial charge is 0.336 e. The lowest BCUT2D eigenvalue weighted by Crippen LogP contribution is -2.09. The van der Waals surface area contributed by atoms with E-state index in [9.17, 15) is 31.9 Å². The number of benzene rings is 3. The lowest BCUT2D eigenvalue weighted by atomic mass is 9.86. The molecule has 0 atom stereocenters. The number of hydrogen-bond acceptors (Lipinski definition) is 4. The van der Waals surface area contributed by atoms with Gasteiger partial charge >= 0.3 is 5.97 Å². The molecule has 10 heteroatoms. The Morgan fingerprint density at radius 3 is 2.12 bits per heavy atom. The summed E-state index contributed by atoms with van der Waals surface area (Å²) in [4.78, 5) is 19.8. The Labute approximate surface area is 177 Å². The third kappa shape index (κ3) is 3.20. The molecule has 0 aliphatic carbocycles. The molecule has 0 saturated carbocycles. The predicted octanol–water partition coefficient (Wildman–Crippen LogP) is 5.25. The van der Waals surface area contributed by atoms with E-state index in [2.05, 4.69) is 9.97 Å². The zero-order valence-corrected chi connectivity index (χ0v) is 16.2. The van der Waals surface area contributed by atoms with E-state index in [-0.39, 0.29) is 17.1 Å². The van der Waals surface area contributed by atoms with Crippen molar-refractivity contribution in [3.63, 3.8) is 0 Å². The van der Waals surface area contributed by atoms with E-state index in [1.165, 1.54) is 37.4 Å². The number of nitrogens with two attached hydrogens (primary N) is 1. The average Bonchev–Trinajstić information content (AvgIpc) is 2.76. The maximum Gasteiger partial charge on any atom is 0.336 e. The molecule has 0 aliphatic heterocycles. The van der Waals surface area contributed by atoms with Gasteiger partial charge in [0.15, 0.2) is 23.3 Å². The van der Waals surface area contributed by atoms with Crippen molar-refractivity contribution < 1.29 is 31.9 Å². The van der Waals surface area contributed by atoms with Gasteiger partial charge in [-0.05, 0) is 41.8 Å². The molecule has 32 heavy (non-hydrogen) atoms. The number of aryl methyl sites for hydroxylation is 1. The van der Waals surface area contributed by atoms with Gasteiger partial charge in [-0.25, -0.2) is 36.7 Å². The molecule has 0 amide bonds. The summed E-state index contributed by atoms with van der Waals surface area (Å²) in [5.41, 5.74) is 3.96. The fourth-order valence-corrected chi connectivity index (χ4v) is 3.54. The monoisotopic (exact) mass is 445 g/mol. The number of hydrogen-bond donors (Lipinski definition) is 2. The van der Waals surface area contributed by atoms with Gasteiger partial charge in [0.2, 0.25) is 11.8 Å². The van der Waals surface area contributed by atoms with E-state index in [0.717, 1.165) is 6.07 Å². The highest BCUT2D eigenvalue weighted by molar-refractivity contribution is 6.03. The first-order chi connectivity index (χ1) is 15.1. The maximum atomic E-state index is 14.7. The van der Waals surface area contributed by atoms with Crippen LogP contribution in [0, 0.1) is 36.0 Å². The Kier molecular flexibility index (Phi) is 5.00. The fourth-order valence-electron chi connectivity index (χ4n) is 3.54. The van der Waals surface area contributed by atoms with Crippen molar-refractivity contribution in [2.75, 3.05) is 5.73 Å². The van der Waals surface area contributed by atoms with Crippen molar-refractivity contribution in [3.8, 4) is 22.3 Å². The minimum absolute atomic E-state index is 0.0106. The zero-order chi connectivity index (χ0) is 23.3. The minimum Gasteiger partial charge on any atom is -0.478 e. The molecule has 0 unspecified atom stereocenters. The quantitative estimate of drug-likeness (QED) is 0.256. The Morgan fingerprint density at radius 2 is 1.50 bits per heavy atom. The van der Waals surface area contributed by atoms with Gasteiger partial charge in [0.25, 0.3) is 0 Å². The summed E-state index contributed by atoms with van der Waals surface area (Å²) >= 11 is 0. The lowest BCUT2D eigenvalue weighted by molar-refractivity contribution is 0.0697. The van der Waals surface area contributed by atoms with E-state index < -0.39 is 51.7 Å². The Hall–Kier alpha value is -4.08. The van der Waals surface area contributed by atoms with E-state index >= 15 is 0 Å². The second-order valence-electron chi connectivity index (χ2n) is 6.93. The number of rotatable bonds is 3. The Balaban J connectivity index is 2.15. The van der Waals surface area contributed by atoms with Crippen molar-refractivity contribution in [1.29, 1.82) is 0 Å². The first-order valence-corrected chi connectivity index (χ1v) is 9.03. The summed E-state index contributed by atoms with van der Waals surface area (Å²) in [6, 6.07) is 6.89. The summed E-state index contributed by atoms with van der Waals surface area (Å²) in [7, 11) is 0. The molecule has 3 aromatic carbocycles. The number of halogens is 5. The summed E-state index contributed by atoms with van der Waals surface area (Å²) in [5.74, 6) is -12.6. The number of fused-ring (bicyclic) bond motifs is 1. The van der Waals surface area contributed by atoms with Gasteiger partial charge in [-0.3, -0.25) is 0 Å². The van der Waals surface area contributed by atoms with Crippen LogP contribution in [0.2, 0.25) is 0 Å². The molecule has 3 N–H and O–H groups in total. The van der Waals surface area contributed by atoms with Crippen LogP contribution in [0.4, 0.5) is 27.9 Å². The molecule has 162 valence electrons. The SMILES string of the molecule is Cc1ccc(C(=O)O)c(-c2c(F)c(F)c(F)c(F)c2F)c1-c1ccc2nc(N)ncc2c1. The number of carboxylic acids is 1. The average molecular weight is 445 g/mol. The van der Waals surface area contributed by atoms with Gasteiger partial charge in [-0.2, -0.15) is 0 Å². The standard InChI is InChI=1S/C22H12F5N3O2/c1-8-2-4-11(21(31)32)14(15-16(23)18(25)20(27)19(26)17(15)24)13(8)9-3-5-12-10(6-9)7-29-22(28)30-12/h2-7H,1H3,(H,31,32)(H2,28,29,30).